The zero-order valence-electron chi connectivity index (χ0n) is 16.9. The van der Waals surface area contributed by atoms with E-state index in [2.05, 4.69) is 42.3 Å². The number of hydrogen-bond acceptors (Lipinski definition) is 5. The molecule has 2 aromatic rings. The van der Waals surface area contributed by atoms with Crippen molar-refractivity contribution < 1.29 is 9.53 Å². The lowest BCUT2D eigenvalue weighted by molar-refractivity contribution is -0.123. The average Bonchev–Trinajstić information content (AvgIpc) is 3.16. The number of nitrogens with zero attached hydrogens (tertiary/aromatic N) is 2. The second-order valence-electron chi connectivity index (χ2n) is 8.08. The molecule has 28 heavy (non-hydrogen) atoms. The SMILES string of the molecule is CC(C)(C)c1ccc(OCC(=O)N/N=C\c2ccc(N3CCCCC3)s2)cc1. The van der Waals surface area contributed by atoms with E-state index in [4.69, 9.17) is 4.74 Å². The molecule has 1 fully saturated rings. The van der Waals surface area contributed by atoms with Gasteiger partial charge >= 0.3 is 0 Å². The van der Waals surface area contributed by atoms with Gasteiger partial charge in [0, 0.05) is 18.0 Å². The van der Waals surface area contributed by atoms with Crippen LogP contribution in [-0.2, 0) is 10.2 Å². The van der Waals surface area contributed by atoms with Gasteiger partial charge in [-0.1, -0.05) is 32.9 Å². The molecule has 1 saturated heterocycles. The van der Waals surface area contributed by atoms with E-state index in [1.807, 2.05) is 30.3 Å². The Morgan fingerprint density at radius 2 is 1.86 bits per heavy atom. The minimum absolute atomic E-state index is 0.0598. The smallest absolute Gasteiger partial charge is 0.277 e. The largest absolute Gasteiger partial charge is 0.484 e. The first-order valence-electron chi connectivity index (χ1n) is 9.82. The van der Waals surface area contributed by atoms with E-state index in [1.54, 1.807) is 17.6 Å². The number of hydrogen-bond donors (Lipinski definition) is 1. The lowest BCUT2D eigenvalue weighted by atomic mass is 9.87. The molecule has 0 unspecified atom stereocenters. The number of anilines is 1. The Morgan fingerprint density at radius 3 is 2.54 bits per heavy atom. The summed E-state index contributed by atoms with van der Waals surface area (Å²) in [5, 5.41) is 5.32. The van der Waals surface area contributed by atoms with Crippen molar-refractivity contribution in [3.8, 4) is 5.75 Å². The topological polar surface area (TPSA) is 53.9 Å². The van der Waals surface area contributed by atoms with Crippen molar-refractivity contribution in [3.05, 3.63) is 46.8 Å². The Kier molecular flexibility index (Phi) is 6.73. The van der Waals surface area contributed by atoms with Gasteiger partial charge in [-0.2, -0.15) is 5.10 Å². The quantitative estimate of drug-likeness (QED) is 0.572. The summed E-state index contributed by atoms with van der Waals surface area (Å²) < 4.78 is 5.53. The Balaban J connectivity index is 1.43. The van der Waals surface area contributed by atoms with Gasteiger partial charge < -0.3 is 9.64 Å². The van der Waals surface area contributed by atoms with Crippen LogP contribution in [0.1, 0.15) is 50.5 Å². The number of piperidine rings is 1. The van der Waals surface area contributed by atoms with Gasteiger partial charge in [0.1, 0.15) is 5.75 Å². The Morgan fingerprint density at radius 1 is 1.14 bits per heavy atom. The molecule has 150 valence electrons. The predicted octanol–water partition coefficient (Wildman–Crippen LogP) is 4.57. The molecule has 0 spiro atoms. The summed E-state index contributed by atoms with van der Waals surface area (Å²) in [6, 6.07) is 12.0. The third kappa shape index (κ3) is 5.83. The standard InChI is InChI=1S/C22H29N3O2S/c1-22(2,3)17-7-9-18(10-8-17)27-16-20(26)24-23-15-19-11-12-21(28-19)25-13-5-4-6-14-25/h7-12,15H,4-6,13-14,16H2,1-3H3,(H,24,26)/b23-15-. The Bertz CT molecular complexity index is 800. The molecule has 0 saturated carbocycles. The Labute approximate surface area is 171 Å². The molecule has 5 nitrogen and oxygen atoms in total. The van der Waals surface area contributed by atoms with Crippen LogP contribution in [-0.4, -0.2) is 31.8 Å². The van der Waals surface area contributed by atoms with E-state index in [1.165, 1.54) is 29.8 Å². The molecule has 1 N–H and O–H groups in total. The van der Waals surface area contributed by atoms with E-state index in [0.717, 1.165) is 18.0 Å². The molecule has 1 aromatic carbocycles. The fraction of sp³-hybridized carbons (Fsp3) is 0.455. The normalized spacial score (nSPS) is 15.0. The maximum absolute atomic E-state index is 11.9. The molecular formula is C22H29N3O2S. The first kappa shape index (κ1) is 20.4. The van der Waals surface area contributed by atoms with Gasteiger partial charge in [0.15, 0.2) is 6.61 Å². The fourth-order valence-electron chi connectivity index (χ4n) is 3.10. The second-order valence-corrected chi connectivity index (χ2v) is 9.17. The molecule has 3 rings (SSSR count). The molecule has 2 heterocycles. The maximum Gasteiger partial charge on any atom is 0.277 e. The zero-order valence-corrected chi connectivity index (χ0v) is 17.7. The third-order valence-electron chi connectivity index (χ3n) is 4.75. The second kappa shape index (κ2) is 9.24. The van der Waals surface area contributed by atoms with Crippen LogP contribution in [0.15, 0.2) is 41.5 Å². The van der Waals surface area contributed by atoms with Crippen molar-refractivity contribution in [1.82, 2.24) is 5.43 Å². The highest BCUT2D eigenvalue weighted by atomic mass is 32.1. The molecular weight excluding hydrogens is 370 g/mol. The third-order valence-corrected chi connectivity index (χ3v) is 5.83. The minimum Gasteiger partial charge on any atom is -0.484 e. The van der Waals surface area contributed by atoms with Crippen LogP contribution in [0.25, 0.3) is 0 Å². The van der Waals surface area contributed by atoms with Gasteiger partial charge in [-0.15, -0.1) is 11.3 Å². The van der Waals surface area contributed by atoms with Crippen molar-refractivity contribution in [3.63, 3.8) is 0 Å². The van der Waals surface area contributed by atoms with E-state index in [0.29, 0.717) is 5.75 Å². The molecule has 0 atom stereocenters. The van der Waals surface area contributed by atoms with Gasteiger partial charge in [-0.3, -0.25) is 4.79 Å². The molecule has 0 bridgehead atoms. The van der Waals surface area contributed by atoms with E-state index in [9.17, 15) is 4.79 Å². The summed E-state index contributed by atoms with van der Waals surface area (Å²) in [7, 11) is 0. The van der Waals surface area contributed by atoms with Crippen LogP contribution >= 0.6 is 11.3 Å². The van der Waals surface area contributed by atoms with Gasteiger partial charge in [0.25, 0.3) is 5.91 Å². The maximum atomic E-state index is 11.9. The monoisotopic (exact) mass is 399 g/mol. The number of amides is 1. The summed E-state index contributed by atoms with van der Waals surface area (Å²) in [6.07, 6.45) is 5.53. The van der Waals surface area contributed by atoms with Crippen LogP contribution < -0.4 is 15.1 Å². The molecule has 1 aliphatic rings. The molecule has 0 aliphatic carbocycles. The van der Waals surface area contributed by atoms with Crippen LogP contribution in [0.4, 0.5) is 5.00 Å². The van der Waals surface area contributed by atoms with Crippen molar-refractivity contribution in [2.75, 3.05) is 24.6 Å². The zero-order chi connectivity index (χ0) is 20.0. The number of hydrazone groups is 1. The van der Waals surface area contributed by atoms with Gasteiger partial charge in [0.05, 0.1) is 11.2 Å². The summed E-state index contributed by atoms with van der Waals surface area (Å²) in [6.45, 7) is 8.69. The highest BCUT2D eigenvalue weighted by Gasteiger charge is 2.14. The van der Waals surface area contributed by atoms with Gasteiger partial charge in [0.2, 0.25) is 0 Å². The van der Waals surface area contributed by atoms with E-state index in [-0.39, 0.29) is 17.9 Å². The minimum atomic E-state index is -0.274. The summed E-state index contributed by atoms with van der Waals surface area (Å²) >= 11 is 1.70. The number of carbonyl (C=O) groups is 1. The van der Waals surface area contributed by atoms with Gasteiger partial charge in [-0.25, -0.2) is 5.43 Å². The van der Waals surface area contributed by atoms with Crippen LogP contribution in [0.3, 0.4) is 0 Å². The van der Waals surface area contributed by atoms with Gasteiger partial charge in [-0.05, 0) is 54.5 Å². The summed E-state index contributed by atoms with van der Waals surface area (Å²) in [5.74, 6) is 0.403. The summed E-state index contributed by atoms with van der Waals surface area (Å²) in [4.78, 5) is 15.4. The molecule has 1 amide bonds. The Hall–Kier alpha value is -2.34. The summed E-state index contributed by atoms with van der Waals surface area (Å²) in [5.41, 5.74) is 3.85. The van der Waals surface area contributed by atoms with Crippen molar-refractivity contribution in [2.45, 2.75) is 45.4 Å². The molecule has 1 aromatic heterocycles. The van der Waals surface area contributed by atoms with E-state index < -0.39 is 0 Å². The number of carbonyl (C=O) groups excluding carboxylic acids is 1. The predicted molar refractivity (Wildman–Crippen MR) is 117 cm³/mol. The van der Waals surface area contributed by atoms with E-state index >= 15 is 0 Å². The number of benzene rings is 1. The number of ether oxygens (including phenoxy) is 1. The fourth-order valence-corrected chi connectivity index (χ4v) is 4.03. The number of thiophene rings is 1. The number of nitrogens with one attached hydrogen (secondary N) is 1. The van der Waals surface area contributed by atoms with Crippen molar-refractivity contribution in [2.24, 2.45) is 5.10 Å². The van der Waals surface area contributed by atoms with Crippen molar-refractivity contribution >= 4 is 28.5 Å². The van der Waals surface area contributed by atoms with Crippen molar-refractivity contribution in [1.29, 1.82) is 0 Å². The highest BCUT2D eigenvalue weighted by molar-refractivity contribution is 7.17. The highest BCUT2D eigenvalue weighted by Crippen LogP contribution is 2.27. The average molecular weight is 400 g/mol. The molecule has 0 radical (unpaired) electrons. The molecule has 6 heteroatoms. The van der Waals surface area contributed by atoms with Crippen LogP contribution in [0.5, 0.6) is 5.75 Å². The number of rotatable bonds is 6. The first-order valence-corrected chi connectivity index (χ1v) is 10.6. The molecule has 1 aliphatic heterocycles. The van der Waals surface area contributed by atoms with Crippen LogP contribution in [0.2, 0.25) is 0 Å². The first-order chi connectivity index (χ1) is 13.4. The van der Waals surface area contributed by atoms with Crippen LogP contribution in [0, 0.1) is 0 Å². The lowest BCUT2D eigenvalue weighted by Gasteiger charge is -2.27. The lowest BCUT2D eigenvalue weighted by Crippen LogP contribution is -2.28.